The molecular weight excluding hydrogens is 677 g/mol. The van der Waals surface area contributed by atoms with Crippen molar-refractivity contribution in [1.82, 2.24) is 0 Å². The van der Waals surface area contributed by atoms with E-state index in [4.69, 9.17) is 0 Å². The van der Waals surface area contributed by atoms with Crippen molar-refractivity contribution in [3.63, 3.8) is 0 Å². The molecule has 0 aliphatic carbocycles. The monoisotopic (exact) mass is 720 g/mol. The van der Waals surface area contributed by atoms with E-state index in [1.807, 2.05) is 60.7 Å². The van der Waals surface area contributed by atoms with Crippen molar-refractivity contribution in [2.45, 2.75) is 64.2 Å². The molecule has 2 N–H and O–H groups in total. The molecule has 0 aromatic heterocycles. The molecule has 0 bridgehead atoms. The molecule has 5 rings (SSSR count). The molecule has 10 nitrogen and oxygen atoms in total. The lowest BCUT2D eigenvalue weighted by molar-refractivity contribution is -0.437. The Morgan fingerprint density at radius 3 is 2.36 bits per heavy atom. The highest BCUT2D eigenvalue weighted by molar-refractivity contribution is 7.85. The standard InChI is InChI=1S/C38H44N2O8S2/c1-37(2)30-26-27(17-21-35(41)42)16-19-31(30)39(22-10-24-49(43,44)45)33(37)14-6-5-7-15-34-38(3,4)36-29-13-9-8-12-28(29)18-20-32(36)40(34)23-11-25-50(46,47)48/h5-9,12-16,18-20,26H,10-11,17,21-25H2,1-4H3,(H2-,41,42,43,44,45,46,47,48). The first-order chi connectivity index (χ1) is 23.4. The lowest BCUT2D eigenvalue weighted by atomic mass is 9.79. The van der Waals surface area contributed by atoms with Crippen LogP contribution in [0.1, 0.15) is 63.6 Å². The summed E-state index contributed by atoms with van der Waals surface area (Å²) in [6.07, 6.45) is 10.6. The summed E-state index contributed by atoms with van der Waals surface area (Å²) in [5.41, 5.74) is 5.93. The van der Waals surface area contributed by atoms with Crippen molar-refractivity contribution in [1.29, 1.82) is 0 Å². The number of allylic oxidation sites excluding steroid dienone is 6. The van der Waals surface area contributed by atoms with Crippen molar-refractivity contribution in [3.05, 3.63) is 107 Å². The summed E-state index contributed by atoms with van der Waals surface area (Å²) in [4.78, 5) is 13.3. The van der Waals surface area contributed by atoms with Gasteiger partial charge in [0.2, 0.25) is 5.69 Å². The number of aliphatic carboxylic acids is 1. The van der Waals surface area contributed by atoms with Crippen LogP contribution < -0.4 is 4.90 Å². The van der Waals surface area contributed by atoms with Gasteiger partial charge in [0, 0.05) is 59.6 Å². The summed E-state index contributed by atoms with van der Waals surface area (Å²) in [7, 11) is -8.48. The van der Waals surface area contributed by atoms with Gasteiger partial charge in [0.25, 0.3) is 10.1 Å². The maximum absolute atomic E-state index is 11.5. The van der Waals surface area contributed by atoms with E-state index >= 15 is 0 Å². The smallest absolute Gasteiger partial charge is 0.303 e. The normalized spacial score (nSPS) is 17.8. The van der Waals surface area contributed by atoms with E-state index in [0.717, 1.165) is 50.2 Å². The van der Waals surface area contributed by atoms with Gasteiger partial charge in [-0.1, -0.05) is 68.5 Å². The van der Waals surface area contributed by atoms with Crippen LogP contribution in [0.2, 0.25) is 0 Å². The molecule has 50 heavy (non-hydrogen) atoms. The summed E-state index contributed by atoms with van der Waals surface area (Å²) >= 11 is 0. The minimum atomic E-state index is -4.35. The van der Waals surface area contributed by atoms with E-state index in [2.05, 4.69) is 61.4 Å². The van der Waals surface area contributed by atoms with Crippen LogP contribution in [0.4, 0.5) is 11.4 Å². The Morgan fingerprint density at radius 1 is 0.920 bits per heavy atom. The molecule has 0 atom stereocenters. The van der Waals surface area contributed by atoms with Crippen LogP contribution in [-0.4, -0.2) is 71.9 Å². The third-order valence-electron chi connectivity index (χ3n) is 9.63. The predicted molar refractivity (Wildman–Crippen MR) is 196 cm³/mol. The summed E-state index contributed by atoms with van der Waals surface area (Å²) in [5, 5.41) is 11.4. The second-order valence-corrected chi connectivity index (χ2v) is 17.0. The van der Waals surface area contributed by atoms with Gasteiger partial charge < -0.3 is 14.6 Å². The highest BCUT2D eigenvalue weighted by Gasteiger charge is 2.45. The first kappa shape index (κ1) is 37.2. The largest absolute Gasteiger partial charge is 0.748 e. The number of rotatable bonds is 14. The fourth-order valence-electron chi connectivity index (χ4n) is 7.31. The second kappa shape index (κ2) is 14.3. The molecule has 3 aromatic rings. The van der Waals surface area contributed by atoms with Crippen LogP contribution in [0.3, 0.4) is 0 Å². The predicted octanol–water partition coefficient (Wildman–Crippen LogP) is 6.24. The molecule has 12 heteroatoms. The van der Waals surface area contributed by atoms with Gasteiger partial charge in [0.1, 0.15) is 6.54 Å². The van der Waals surface area contributed by atoms with Gasteiger partial charge in [0.05, 0.1) is 21.3 Å². The molecule has 0 fully saturated rings. The minimum Gasteiger partial charge on any atom is -0.748 e. The number of fused-ring (bicyclic) bond motifs is 4. The summed E-state index contributed by atoms with van der Waals surface area (Å²) in [5.74, 6) is -1.69. The van der Waals surface area contributed by atoms with Crippen LogP contribution in [0.5, 0.6) is 0 Å². The highest BCUT2D eigenvalue weighted by atomic mass is 32.2. The average Bonchev–Trinajstić information content (AvgIpc) is 3.37. The lowest BCUT2D eigenvalue weighted by Crippen LogP contribution is -2.28. The van der Waals surface area contributed by atoms with E-state index in [9.17, 15) is 35.8 Å². The van der Waals surface area contributed by atoms with Gasteiger partial charge in [-0.15, -0.1) is 0 Å². The van der Waals surface area contributed by atoms with Crippen LogP contribution in [0.25, 0.3) is 10.8 Å². The Hall–Kier alpha value is -4.10. The lowest BCUT2D eigenvalue weighted by Gasteiger charge is -2.27. The molecule has 2 aliphatic heterocycles. The molecule has 0 saturated heterocycles. The topological polar surface area (TPSA) is 155 Å². The molecule has 266 valence electrons. The van der Waals surface area contributed by atoms with Gasteiger partial charge in [-0.3, -0.25) is 9.35 Å². The number of carbonyl (C=O) groups is 1. The number of nitrogens with zero attached hydrogens (tertiary/aromatic N) is 2. The third kappa shape index (κ3) is 8.10. The second-order valence-electron chi connectivity index (χ2n) is 13.9. The van der Waals surface area contributed by atoms with Crippen molar-refractivity contribution >= 4 is 54.1 Å². The Balaban J connectivity index is 1.47. The molecule has 0 amide bonds. The van der Waals surface area contributed by atoms with Crippen molar-refractivity contribution in [2.24, 2.45) is 0 Å². The summed E-state index contributed by atoms with van der Waals surface area (Å²) in [6.45, 7) is 9.14. The molecule has 2 heterocycles. The number of benzene rings is 3. The van der Waals surface area contributed by atoms with Gasteiger partial charge >= 0.3 is 5.97 Å². The summed E-state index contributed by atoms with van der Waals surface area (Å²) in [6, 6.07) is 18.1. The van der Waals surface area contributed by atoms with Gasteiger partial charge in [0.15, 0.2) is 5.71 Å². The molecular formula is C38H44N2O8S2. The number of carboxylic acids is 1. The van der Waals surface area contributed by atoms with E-state index < -0.39 is 42.8 Å². The molecule has 0 saturated carbocycles. The Morgan fingerprint density at radius 2 is 1.66 bits per heavy atom. The maximum Gasteiger partial charge on any atom is 0.303 e. The third-order valence-corrected chi connectivity index (χ3v) is 11.2. The SMILES string of the molecule is CC1(C)C(/C=C/C=C/C=C2/N(CCCS(=O)(=O)O)c3ccc(CCC(=O)O)cc3C2(C)C)=[N+](CCCS(=O)(=O)[O-])c2ccc3ccccc3c21. The van der Waals surface area contributed by atoms with E-state index in [1.54, 1.807) is 0 Å². The zero-order valence-corrected chi connectivity index (χ0v) is 30.4. The quantitative estimate of drug-likeness (QED) is 0.112. The van der Waals surface area contributed by atoms with E-state index in [-0.39, 0.29) is 25.0 Å². The van der Waals surface area contributed by atoms with Gasteiger partial charge in [-0.2, -0.15) is 13.0 Å². The molecule has 2 aliphatic rings. The van der Waals surface area contributed by atoms with Crippen molar-refractivity contribution < 1.29 is 40.4 Å². The van der Waals surface area contributed by atoms with Crippen LogP contribution in [-0.2, 0) is 42.3 Å². The van der Waals surface area contributed by atoms with Gasteiger partial charge in [-0.05, 0) is 66.8 Å². The number of hydrogen-bond donors (Lipinski definition) is 2. The van der Waals surface area contributed by atoms with Crippen molar-refractivity contribution in [3.8, 4) is 0 Å². The maximum atomic E-state index is 11.5. The Bertz CT molecular complexity index is 2160. The molecule has 3 aromatic carbocycles. The van der Waals surface area contributed by atoms with Crippen LogP contribution in [0, 0.1) is 0 Å². The molecule has 0 spiro atoms. The first-order valence-electron chi connectivity index (χ1n) is 16.6. The number of hydrogen-bond acceptors (Lipinski definition) is 7. The first-order valence-corrected chi connectivity index (χ1v) is 19.8. The Labute approximate surface area is 294 Å². The molecule has 0 radical (unpaired) electrons. The number of anilines is 1. The van der Waals surface area contributed by atoms with Crippen LogP contribution >= 0.6 is 0 Å². The zero-order chi connectivity index (χ0) is 36.5. The highest BCUT2D eigenvalue weighted by Crippen LogP contribution is 2.48. The van der Waals surface area contributed by atoms with Crippen molar-refractivity contribution in [2.75, 3.05) is 29.5 Å². The number of aryl methyl sites for hydroxylation is 1. The van der Waals surface area contributed by atoms with E-state index in [0.29, 0.717) is 19.5 Å². The minimum absolute atomic E-state index is 0.0152. The van der Waals surface area contributed by atoms with Crippen LogP contribution in [0.15, 0.2) is 90.7 Å². The molecule has 0 unspecified atom stereocenters. The van der Waals surface area contributed by atoms with E-state index in [1.165, 1.54) is 0 Å². The average molecular weight is 721 g/mol. The zero-order valence-electron chi connectivity index (χ0n) is 28.8. The fraction of sp³-hybridized carbons (Fsp3) is 0.368. The fourth-order valence-corrected chi connectivity index (χ4v) is 8.29. The number of carboxylic acid groups (broad SMARTS) is 1. The van der Waals surface area contributed by atoms with Gasteiger partial charge in [-0.25, -0.2) is 8.42 Å². The summed E-state index contributed by atoms with van der Waals surface area (Å²) < 4.78 is 68.8. The Kier molecular flexibility index (Phi) is 10.6.